The number of allylic oxidation sites excluding steroid dienone is 2. The van der Waals surface area contributed by atoms with Crippen LogP contribution in [0.2, 0.25) is 0 Å². The maximum atomic E-state index is 7.40. The highest BCUT2D eigenvalue weighted by Crippen LogP contribution is 2.13. The van der Waals surface area contributed by atoms with Crippen LogP contribution in [-0.4, -0.2) is 12.8 Å². The minimum Gasteiger partial charge on any atom is -0.390 e. The van der Waals surface area contributed by atoms with E-state index in [0.29, 0.717) is 5.71 Å². The van der Waals surface area contributed by atoms with Crippen molar-refractivity contribution in [1.82, 2.24) is 5.32 Å². The molecule has 0 amide bonds. The van der Waals surface area contributed by atoms with Crippen LogP contribution in [0.1, 0.15) is 33.1 Å². The lowest BCUT2D eigenvalue weighted by Gasteiger charge is -2.09. The minimum absolute atomic E-state index is 0.527. The van der Waals surface area contributed by atoms with Crippen LogP contribution in [0.3, 0.4) is 0 Å². The number of rotatable bonds is 5. The van der Waals surface area contributed by atoms with E-state index >= 15 is 0 Å². The smallest absolute Gasteiger partial charge is 0.0436 e. The molecular formula is C9H18N2S. The molecule has 70 valence electrons. The van der Waals surface area contributed by atoms with E-state index in [0.717, 1.165) is 23.4 Å². The highest BCUT2D eigenvalue weighted by atomic mass is 32.1. The van der Waals surface area contributed by atoms with Gasteiger partial charge in [-0.25, -0.2) is 0 Å². The molecule has 3 heteroatoms. The maximum absolute atomic E-state index is 7.40. The molecule has 0 aromatic heterocycles. The molecule has 0 aromatic carbocycles. The molecule has 0 saturated heterocycles. The predicted molar refractivity (Wildman–Crippen MR) is 58.0 cm³/mol. The Morgan fingerprint density at radius 1 is 1.50 bits per heavy atom. The van der Waals surface area contributed by atoms with Crippen LogP contribution >= 0.6 is 12.6 Å². The van der Waals surface area contributed by atoms with Crippen LogP contribution in [-0.2, 0) is 0 Å². The molecule has 12 heavy (non-hydrogen) atoms. The molecular weight excluding hydrogens is 168 g/mol. The van der Waals surface area contributed by atoms with E-state index in [-0.39, 0.29) is 0 Å². The largest absolute Gasteiger partial charge is 0.390 e. The van der Waals surface area contributed by atoms with Crippen molar-refractivity contribution in [1.29, 1.82) is 5.41 Å². The molecule has 0 fully saturated rings. The Bertz CT molecular complexity index is 185. The molecule has 0 saturated carbocycles. The first-order valence-electron chi connectivity index (χ1n) is 4.28. The van der Waals surface area contributed by atoms with E-state index in [1.54, 1.807) is 6.92 Å². The second kappa shape index (κ2) is 6.12. The Morgan fingerprint density at radius 3 is 2.42 bits per heavy atom. The fourth-order valence-electron chi connectivity index (χ4n) is 0.942. The summed E-state index contributed by atoms with van der Waals surface area (Å²) >= 11 is 4.27. The zero-order valence-electron chi connectivity index (χ0n) is 8.07. The second-order valence-electron chi connectivity index (χ2n) is 2.81. The van der Waals surface area contributed by atoms with Crippen LogP contribution in [0.25, 0.3) is 0 Å². The van der Waals surface area contributed by atoms with Gasteiger partial charge >= 0.3 is 0 Å². The van der Waals surface area contributed by atoms with Crippen molar-refractivity contribution < 1.29 is 0 Å². The van der Waals surface area contributed by atoms with E-state index in [4.69, 9.17) is 5.41 Å². The van der Waals surface area contributed by atoms with Gasteiger partial charge in [0.05, 0.1) is 0 Å². The molecule has 0 atom stereocenters. The zero-order valence-corrected chi connectivity index (χ0v) is 8.96. The van der Waals surface area contributed by atoms with Crippen molar-refractivity contribution >= 4 is 18.3 Å². The lowest BCUT2D eigenvalue weighted by Crippen LogP contribution is -2.10. The van der Waals surface area contributed by atoms with Gasteiger partial charge in [0.1, 0.15) is 0 Å². The standard InChI is InChI=1S/C9H18N2S/c1-4-5-6-8(11-3)9(12)7(2)10/h10-12H,4-6H2,1-3H3/b9-8+,10-7?. The molecule has 0 spiro atoms. The first-order valence-corrected chi connectivity index (χ1v) is 4.73. The molecule has 0 bridgehead atoms. The molecule has 0 aliphatic rings. The molecule has 2 nitrogen and oxygen atoms in total. The highest BCUT2D eigenvalue weighted by Gasteiger charge is 2.02. The zero-order chi connectivity index (χ0) is 9.56. The fourth-order valence-corrected chi connectivity index (χ4v) is 1.17. The minimum atomic E-state index is 0.527. The van der Waals surface area contributed by atoms with Crippen molar-refractivity contribution in [2.75, 3.05) is 7.05 Å². The van der Waals surface area contributed by atoms with Gasteiger partial charge in [0, 0.05) is 23.4 Å². The fraction of sp³-hybridized carbons (Fsp3) is 0.667. The molecule has 0 aliphatic carbocycles. The predicted octanol–water partition coefficient (Wildman–Crippen LogP) is 2.58. The number of thiol groups is 1. The first-order chi connectivity index (χ1) is 5.63. The number of nitrogens with one attached hydrogen (secondary N) is 2. The summed E-state index contributed by atoms with van der Waals surface area (Å²) in [5, 5.41) is 10.5. The van der Waals surface area contributed by atoms with Crippen LogP contribution in [0.5, 0.6) is 0 Å². The van der Waals surface area contributed by atoms with E-state index in [2.05, 4.69) is 24.9 Å². The van der Waals surface area contributed by atoms with E-state index in [1.807, 2.05) is 7.05 Å². The van der Waals surface area contributed by atoms with Crippen molar-refractivity contribution in [2.45, 2.75) is 33.1 Å². The average molecular weight is 186 g/mol. The lowest BCUT2D eigenvalue weighted by molar-refractivity contribution is 0.744. The van der Waals surface area contributed by atoms with Crippen molar-refractivity contribution in [3.05, 3.63) is 10.6 Å². The summed E-state index contributed by atoms with van der Waals surface area (Å²) in [6.07, 6.45) is 3.30. The van der Waals surface area contributed by atoms with Gasteiger partial charge in [-0.15, -0.1) is 12.6 Å². The summed E-state index contributed by atoms with van der Waals surface area (Å²) in [7, 11) is 1.88. The van der Waals surface area contributed by atoms with Gasteiger partial charge < -0.3 is 10.7 Å². The lowest BCUT2D eigenvalue weighted by atomic mass is 10.2. The average Bonchev–Trinajstić information content (AvgIpc) is 2.05. The molecule has 0 rings (SSSR count). The summed E-state index contributed by atoms with van der Waals surface area (Å²) in [6, 6.07) is 0. The molecule has 0 aliphatic heterocycles. The summed E-state index contributed by atoms with van der Waals surface area (Å²) in [5.74, 6) is 0. The molecule has 0 unspecified atom stereocenters. The summed E-state index contributed by atoms with van der Waals surface area (Å²) < 4.78 is 0. The summed E-state index contributed by atoms with van der Waals surface area (Å²) in [6.45, 7) is 3.91. The van der Waals surface area contributed by atoms with Crippen molar-refractivity contribution in [3.8, 4) is 0 Å². The SMILES string of the molecule is CCCC/C(NC)=C(\S)C(C)=N. The van der Waals surface area contributed by atoms with Gasteiger partial charge in [-0.05, 0) is 19.8 Å². The molecule has 0 heterocycles. The first kappa shape index (κ1) is 11.6. The van der Waals surface area contributed by atoms with E-state index in [1.165, 1.54) is 6.42 Å². The Kier molecular flexibility index (Phi) is 5.89. The van der Waals surface area contributed by atoms with Gasteiger partial charge in [0.15, 0.2) is 0 Å². The van der Waals surface area contributed by atoms with Crippen LogP contribution < -0.4 is 5.32 Å². The highest BCUT2D eigenvalue weighted by molar-refractivity contribution is 7.85. The Balaban J connectivity index is 4.28. The third kappa shape index (κ3) is 3.81. The Labute approximate surface area is 80.4 Å². The van der Waals surface area contributed by atoms with E-state index < -0.39 is 0 Å². The summed E-state index contributed by atoms with van der Waals surface area (Å²) in [5.41, 5.74) is 1.60. The number of hydrogen-bond acceptors (Lipinski definition) is 3. The van der Waals surface area contributed by atoms with Crippen molar-refractivity contribution in [3.63, 3.8) is 0 Å². The topological polar surface area (TPSA) is 35.9 Å². The Hall–Kier alpha value is -0.440. The molecule has 2 N–H and O–H groups in total. The maximum Gasteiger partial charge on any atom is 0.0436 e. The van der Waals surface area contributed by atoms with Gasteiger partial charge in [-0.3, -0.25) is 0 Å². The van der Waals surface area contributed by atoms with Gasteiger partial charge in [-0.2, -0.15) is 0 Å². The molecule has 0 radical (unpaired) electrons. The third-order valence-corrected chi connectivity index (χ3v) is 2.33. The number of unbranched alkanes of at least 4 members (excludes halogenated alkanes) is 1. The molecule has 0 aromatic rings. The van der Waals surface area contributed by atoms with Gasteiger partial charge in [0.25, 0.3) is 0 Å². The summed E-state index contributed by atoms with van der Waals surface area (Å²) in [4.78, 5) is 0.783. The normalized spacial score (nSPS) is 12.3. The van der Waals surface area contributed by atoms with Crippen LogP contribution in [0.4, 0.5) is 0 Å². The number of hydrogen-bond donors (Lipinski definition) is 3. The quantitative estimate of drug-likeness (QED) is 0.448. The van der Waals surface area contributed by atoms with E-state index in [9.17, 15) is 0 Å². The third-order valence-electron chi connectivity index (χ3n) is 1.72. The van der Waals surface area contributed by atoms with Crippen LogP contribution in [0.15, 0.2) is 10.6 Å². The van der Waals surface area contributed by atoms with Crippen LogP contribution in [0, 0.1) is 5.41 Å². The second-order valence-corrected chi connectivity index (χ2v) is 3.25. The monoisotopic (exact) mass is 186 g/mol. The van der Waals surface area contributed by atoms with Crippen molar-refractivity contribution in [2.24, 2.45) is 0 Å². The van der Waals surface area contributed by atoms with Gasteiger partial charge in [-0.1, -0.05) is 13.3 Å². The Morgan fingerprint density at radius 2 is 2.08 bits per heavy atom. The van der Waals surface area contributed by atoms with Gasteiger partial charge in [0.2, 0.25) is 0 Å².